The first kappa shape index (κ1) is 23.5. The Morgan fingerprint density at radius 1 is 0.943 bits per heavy atom. The minimum atomic E-state index is -4.39. The fraction of sp³-hybridized carbons (Fsp3) is 0.393. The van der Waals surface area contributed by atoms with E-state index in [1.165, 1.54) is 25.0 Å². The average Bonchev–Trinajstić information content (AvgIpc) is 3.54. The fourth-order valence-electron chi connectivity index (χ4n) is 5.26. The highest BCUT2D eigenvalue weighted by Gasteiger charge is 2.34. The number of hydrogen-bond donors (Lipinski definition) is 0. The normalized spacial score (nSPS) is 21.5. The highest BCUT2D eigenvalue weighted by Crippen LogP contribution is 2.37. The highest BCUT2D eigenvalue weighted by atomic mass is 19.4. The van der Waals surface area contributed by atoms with Crippen molar-refractivity contribution in [3.63, 3.8) is 0 Å². The number of ether oxygens (including phenoxy) is 2. The molecule has 0 bridgehead atoms. The minimum Gasteiger partial charge on any atom is -0.454 e. The van der Waals surface area contributed by atoms with Gasteiger partial charge in [-0.05, 0) is 54.2 Å². The minimum absolute atomic E-state index is 0.0138. The first-order valence-electron chi connectivity index (χ1n) is 12.1. The molecule has 1 amide bonds. The Labute approximate surface area is 203 Å². The van der Waals surface area contributed by atoms with Gasteiger partial charge >= 0.3 is 6.18 Å². The van der Waals surface area contributed by atoms with Gasteiger partial charge in [-0.3, -0.25) is 4.79 Å². The Bertz CT molecular complexity index is 1120. The van der Waals surface area contributed by atoms with Gasteiger partial charge < -0.3 is 14.4 Å². The van der Waals surface area contributed by atoms with Crippen LogP contribution in [0, 0.1) is 11.8 Å². The van der Waals surface area contributed by atoms with Crippen LogP contribution in [0.15, 0.2) is 66.8 Å². The Morgan fingerprint density at radius 3 is 2.40 bits per heavy atom. The SMILES string of the molecule is O=C(C1C=CC=CC1c1ccc(C(F)(F)F)cc1)N(Cc1ccc2c(c1)OCO2)CC1CCCC1. The molecule has 7 heteroatoms. The molecule has 2 aromatic carbocycles. The number of nitrogens with zero attached hydrogens (tertiary/aromatic N) is 1. The predicted octanol–water partition coefficient (Wildman–Crippen LogP) is 6.48. The maximum absolute atomic E-state index is 13.9. The van der Waals surface area contributed by atoms with Crippen molar-refractivity contribution in [2.24, 2.45) is 11.8 Å². The number of hydrogen-bond acceptors (Lipinski definition) is 3. The van der Waals surface area contributed by atoms with Gasteiger partial charge in [-0.15, -0.1) is 0 Å². The van der Waals surface area contributed by atoms with E-state index >= 15 is 0 Å². The van der Waals surface area contributed by atoms with Crippen LogP contribution in [0.2, 0.25) is 0 Å². The van der Waals surface area contributed by atoms with E-state index in [1.807, 2.05) is 47.4 Å². The van der Waals surface area contributed by atoms with Gasteiger partial charge in [0.05, 0.1) is 11.5 Å². The summed E-state index contributed by atoms with van der Waals surface area (Å²) >= 11 is 0. The number of fused-ring (bicyclic) bond motifs is 1. The molecule has 4 nitrogen and oxygen atoms in total. The Hall–Kier alpha value is -3.22. The molecule has 0 radical (unpaired) electrons. The van der Waals surface area contributed by atoms with Crippen LogP contribution < -0.4 is 9.47 Å². The second-order valence-corrected chi connectivity index (χ2v) is 9.50. The van der Waals surface area contributed by atoms with E-state index in [0.717, 1.165) is 30.5 Å². The van der Waals surface area contributed by atoms with Crippen LogP contribution in [-0.4, -0.2) is 24.1 Å². The highest BCUT2D eigenvalue weighted by molar-refractivity contribution is 5.82. The number of rotatable bonds is 6. The van der Waals surface area contributed by atoms with Crippen molar-refractivity contribution in [3.8, 4) is 11.5 Å². The smallest absolute Gasteiger partial charge is 0.416 e. The molecule has 1 heterocycles. The van der Waals surface area contributed by atoms with E-state index in [4.69, 9.17) is 9.47 Å². The monoisotopic (exact) mass is 483 g/mol. The molecule has 0 saturated heterocycles. The van der Waals surface area contributed by atoms with Crippen molar-refractivity contribution >= 4 is 5.91 Å². The van der Waals surface area contributed by atoms with Crippen LogP contribution in [0.5, 0.6) is 11.5 Å². The number of amides is 1. The Kier molecular flexibility index (Phi) is 6.58. The quantitative estimate of drug-likeness (QED) is 0.472. The van der Waals surface area contributed by atoms with E-state index in [0.29, 0.717) is 36.1 Å². The third kappa shape index (κ3) is 5.24. The maximum atomic E-state index is 13.9. The van der Waals surface area contributed by atoms with Crippen LogP contribution in [-0.2, 0) is 17.5 Å². The van der Waals surface area contributed by atoms with Crippen molar-refractivity contribution in [2.75, 3.05) is 13.3 Å². The third-order valence-electron chi connectivity index (χ3n) is 7.12. The molecule has 3 aliphatic rings. The van der Waals surface area contributed by atoms with Crippen LogP contribution in [0.4, 0.5) is 13.2 Å². The zero-order chi connectivity index (χ0) is 24.4. The van der Waals surface area contributed by atoms with Crippen molar-refractivity contribution in [1.29, 1.82) is 0 Å². The maximum Gasteiger partial charge on any atom is 0.416 e. The Morgan fingerprint density at radius 2 is 1.66 bits per heavy atom. The van der Waals surface area contributed by atoms with Crippen LogP contribution in [0.1, 0.15) is 48.3 Å². The fourth-order valence-corrected chi connectivity index (χ4v) is 5.26. The standard InChI is InChI=1S/C28H28F3NO3/c29-28(30,31)22-12-10-21(11-13-22)23-7-3-4-8-24(23)27(33)32(16-19-5-1-2-6-19)17-20-9-14-25-26(15-20)35-18-34-25/h3-4,7-15,19,23-24H,1-2,5-6,16-18H2. The zero-order valence-corrected chi connectivity index (χ0v) is 19.3. The summed E-state index contributed by atoms with van der Waals surface area (Å²) in [5.74, 6) is 1.02. The summed E-state index contributed by atoms with van der Waals surface area (Å²) < 4.78 is 50.1. The lowest BCUT2D eigenvalue weighted by Gasteiger charge is -2.32. The summed E-state index contributed by atoms with van der Waals surface area (Å²) in [4.78, 5) is 15.9. The molecule has 2 aliphatic carbocycles. The number of alkyl halides is 3. The lowest BCUT2D eigenvalue weighted by atomic mass is 9.81. The summed E-state index contributed by atoms with van der Waals surface area (Å²) in [5.41, 5.74) is 0.966. The molecule has 2 atom stereocenters. The van der Waals surface area contributed by atoms with Crippen molar-refractivity contribution in [3.05, 3.63) is 83.5 Å². The summed E-state index contributed by atoms with van der Waals surface area (Å²) in [6, 6.07) is 10.9. The largest absolute Gasteiger partial charge is 0.454 e. The number of allylic oxidation sites excluding steroid dienone is 3. The molecule has 1 aliphatic heterocycles. The molecular formula is C28H28F3NO3. The average molecular weight is 484 g/mol. The molecule has 5 rings (SSSR count). The predicted molar refractivity (Wildman–Crippen MR) is 126 cm³/mol. The van der Waals surface area contributed by atoms with Crippen LogP contribution in [0.3, 0.4) is 0 Å². The lowest BCUT2D eigenvalue weighted by Crippen LogP contribution is -2.40. The molecule has 1 saturated carbocycles. The van der Waals surface area contributed by atoms with Crippen LogP contribution >= 0.6 is 0 Å². The third-order valence-corrected chi connectivity index (χ3v) is 7.12. The van der Waals surface area contributed by atoms with Gasteiger partial charge in [-0.25, -0.2) is 0 Å². The van der Waals surface area contributed by atoms with E-state index < -0.39 is 17.7 Å². The summed E-state index contributed by atoms with van der Waals surface area (Å²) in [6.45, 7) is 1.30. The van der Waals surface area contributed by atoms with Gasteiger partial charge in [0.15, 0.2) is 11.5 Å². The molecule has 0 aromatic heterocycles. The first-order valence-corrected chi connectivity index (χ1v) is 12.1. The van der Waals surface area contributed by atoms with Gasteiger partial charge in [-0.1, -0.05) is 55.3 Å². The van der Waals surface area contributed by atoms with Crippen LogP contribution in [0.25, 0.3) is 0 Å². The molecule has 2 unspecified atom stereocenters. The number of halogens is 3. The molecule has 35 heavy (non-hydrogen) atoms. The van der Waals surface area contributed by atoms with Gasteiger partial charge in [0, 0.05) is 19.0 Å². The van der Waals surface area contributed by atoms with Crippen molar-refractivity contribution in [1.82, 2.24) is 4.90 Å². The second-order valence-electron chi connectivity index (χ2n) is 9.50. The number of benzene rings is 2. The first-order chi connectivity index (χ1) is 16.9. The zero-order valence-electron chi connectivity index (χ0n) is 19.3. The van der Waals surface area contributed by atoms with Gasteiger partial charge in [0.1, 0.15) is 0 Å². The molecule has 0 spiro atoms. The lowest BCUT2D eigenvalue weighted by molar-refractivity contribution is -0.138. The Balaban J connectivity index is 1.39. The van der Waals surface area contributed by atoms with E-state index in [1.54, 1.807) is 0 Å². The van der Waals surface area contributed by atoms with Gasteiger partial charge in [0.2, 0.25) is 12.7 Å². The summed E-state index contributed by atoms with van der Waals surface area (Å²) in [7, 11) is 0. The second kappa shape index (κ2) is 9.80. The van der Waals surface area contributed by atoms with Gasteiger partial charge in [-0.2, -0.15) is 13.2 Å². The molecular weight excluding hydrogens is 455 g/mol. The molecule has 184 valence electrons. The summed E-state index contributed by atoms with van der Waals surface area (Å²) in [5, 5.41) is 0. The molecule has 0 N–H and O–H groups in total. The number of carbonyl (C=O) groups excluding carboxylic acids is 1. The van der Waals surface area contributed by atoms with Crippen molar-refractivity contribution in [2.45, 2.75) is 44.3 Å². The van der Waals surface area contributed by atoms with E-state index in [9.17, 15) is 18.0 Å². The summed E-state index contributed by atoms with van der Waals surface area (Å²) in [6.07, 6.45) is 7.64. The molecule has 1 fully saturated rings. The van der Waals surface area contributed by atoms with Gasteiger partial charge in [0.25, 0.3) is 0 Å². The van der Waals surface area contributed by atoms with Crippen molar-refractivity contribution < 1.29 is 27.4 Å². The number of carbonyl (C=O) groups is 1. The topological polar surface area (TPSA) is 38.8 Å². The van der Waals surface area contributed by atoms with E-state index in [-0.39, 0.29) is 18.6 Å². The molecule has 2 aromatic rings. The van der Waals surface area contributed by atoms with E-state index in [2.05, 4.69) is 0 Å².